The quantitative estimate of drug-likeness (QED) is 0.671. The summed E-state index contributed by atoms with van der Waals surface area (Å²) in [6.07, 6.45) is 10.2. The molecule has 1 aliphatic carbocycles. The Hall–Kier alpha value is -3.22. The van der Waals surface area contributed by atoms with Crippen LogP contribution in [-0.2, 0) is 22.4 Å². The normalized spacial score (nSPS) is 19.4. The molecule has 1 atom stereocenters. The molecule has 162 valence electrons. The van der Waals surface area contributed by atoms with Gasteiger partial charge in [0, 0.05) is 24.1 Å². The molecule has 2 aliphatic rings. The molecule has 1 saturated heterocycles. The monoisotopic (exact) mass is 420 g/mol. The SMILES string of the molecule is O=C(CC1NC(=O)N(C2CCCCC2)C1=O)Nc1cccc(CCc2ccncc2)c1. The van der Waals surface area contributed by atoms with Gasteiger partial charge in [0.05, 0.1) is 6.42 Å². The Bertz CT molecular complexity index is 941. The van der Waals surface area contributed by atoms with Gasteiger partial charge < -0.3 is 10.6 Å². The van der Waals surface area contributed by atoms with E-state index in [9.17, 15) is 14.4 Å². The highest BCUT2D eigenvalue weighted by Gasteiger charge is 2.42. The number of anilines is 1. The molecule has 1 aromatic carbocycles. The minimum absolute atomic E-state index is 0.0358. The molecule has 4 rings (SSSR count). The topological polar surface area (TPSA) is 91.4 Å². The number of hydrogen-bond donors (Lipinski definition) is 2. The van der Waals surface area contributed by atoms with Crippen molar-refractivity contribution < 1.29 is 14.4 Å². The summed E-state index contributed by atoms with van der Waals surface area (Å²) in [6, 6.07) is 10.5. The van der Waals surface area contributed by atoms with E-state index in [1.165, 1.54) is 10.5 Å². The summed E-state index contributed by atoms with van der Waals surface area (Å²) < 4.78 is 0. The average molecular weight is 421 g/mol. The van der Waals surface area contributed by atoms with E-state index in [1.807, 2.05) is 36.4 Å². The molecule has 7 nitrogen and oxygen atoms in total. The maximum atomic E-state index is 12.7. The van der Waals surface area contributed by atoms with Crippen LogP contribution in [0.15, 0.2) is 48.8 Å². The number of rotatable bonds is 7. The number of nitrogens with one attached hydrogen (secondary N) is 2. The number of benzene rings is 1. The van der Waals surface area contributed by atoms with E-state index in [1.54, 1.807) is 12.4 Å². The maximum absolute atomic E-state index is 12.7. The second-order valence-electron chi connectivity index (χ2n) is 8.31. The highest BCUT2D eigenvalue weighted by atomic mass is 16.2. The Morgan fingerprint density at radius 2 is 1.77 bits per heavy atom. The van der Waals surface area contributed by atoms with Crippen molar-refractivity contribution in [3.63, 3.8) is 0 Å². The zero-order valence-electron chi connectivity index (χ0n) is 17.5. The first-order chi connectivity index (χ1) is 15.1. The van der Waals surface area contributed by atoms with Gasteiger partial charge in [-0.1, -0.05) is 31.4 Å². The third-order valence-electron chi connectivity index (χ3n) is 6.04. The van der Waals surface area contributed by atoms with E-state index < -0.39 is 6.04 Å². The predicted molar refractivity (Wildman–Crippen MR) is 117 cm³/mol. The fourth-order valence-corrected chi connectivity index (χ4v) is 4.41. The number of carbonyl (C=O) groups is 3. The van der Waals surface area contributed by atoms with Crippen molar-refractivity contribution in [3.05, 3.63) is 59.9 Å². The third kappa shape index (κ3) is 5.29. The van der Waals surface area contributed by atoms with Gasteiger partial charge in [-0.05, 0) is 61.1 Å². The largest absolute Gasteiger partial charge is 0.326 e. The van der Waals surface area contributed by atoms with Gasteiger partial charge in [-0.15, -0.1) is 0 Å². The Labute approximate surface area is 182 Å². The van der Waals surface area contributed by atoms with Crippen LogP contribution in [0, 0.1) is 0 Å². The molecule has 4 amide bonds. The van der Waals surface area contributed by atoms with Gasteiger partial charge in [0.25, 0.3) is 5.91 Å². The van der Waals surface area contributed by atoms with Gasteiger partial charge >= 0.3 is 6.03 Å². The molecule has 7 heteroatoms. The molecule has 1 aliphatic heterocycles. The van der Waals surface area contributed by atoms with Crippen molar-refractivity contribution in [2.75, 3.05) is 5.32 Å². The number of aromatic nitrogens is 1. The molecule has 1 saturated carbocycles. The molecule has 2 N–H and O–H groups in total. The molecule has 0 radical (unpaired) electrons. The maximum Gasteiger partial charge on any atom is 0.325 e. The number of hydrogen-bond acceptors (Lipinski definition) is 4. The lowest BCUT2D eigenvalue weighted by molar-refractivity contribution is -0.131. The molecular formula is C24H28N4O3. The van der Waals surface area contributed by atoms with Crippen molar-refractivity contribution in [2.24, 2.45) is 0 Å². The Kier molecular flexibility index (Phi) is 6.60. The lowest BCUT2D eigenvalue weighted by Crippen LogP contribution is -2.42. The van der Waals surface area contributed by atoms with Crippen LogP contribution in [0.3, 0.4) is 0 Å². The summed E-state index contributed by atoms with van der Waals surface area (Å²) in [5.74, 6) is -0.562. The first-order valence-corrected chi connectivity index (χ1v) is 11.0. The number of carbonyl (C=O) groups excluding carboxylic acids is 3. The van der Waals surface area contributed by atoms with Crippen molar-refractivity contribution in [2.45, 2.75) is 63.5 Å². The highest BCUT2D eigenvalue weighted by molar-refractivity contribution is 6.07. The number of imide groups is 1. The van der Waals surface area contributed by atoms with Gasteiger partial charge in [0.2, 0.25) is 5.91 Å². The van der Waals surface area contributed by atoms with Gasteiger partial charge in [0.1, 0.15) is 6.04 Å². The van der Waals surface area contributed by atoms with E-state index in [4.69, 9.17) is 0 Å². The smallest absolute Gasteiger partial charge is 0.325 e. The molecule has 0 bridgehead atoms. The van der Waals surface area contributed by atoms with E-state index in [2.05, 4.69) is 15.6 Å². The van der Waals surface area contributed by atoms with Gasteiger partial charge in [-0.2, -0.15) is 0 Å². The Balaban J connectivity index is 1.31. The van der Waals surface area contributed by atoms with Crippen molar-refractivity contribution in [1.29, 1.82) is 0 Å². The van der Waals surface area contributed by atoms with Gasteiger partial charge in [-0.3, -0.25) is 19.5 Å². The minimum atomic E-state index is -0.788. The standard InChI is InChI=1S/C24H28N4O3/c29-22(16-21-23(30)28(24(31)27-21)20-7-2-1-3-8-20)26-19-6-4-5-18(15-19)10-9-17-11-13-25-14-12-17/h4-6,11-15,20-21H,1-3,7-10,16H2,(H,26,29)(H,27,31). The van der Waals surface area contributed by atoms with Crippen LogP contribution in [0.5, 0.6) is 0 Å². The number of urea groups is 1. The number of amides is 4. The van der Waals surface area contributed by atoms with Crippen LogP contribution in [-0.4, -0.2) is 39.8 Å². The molecule has 2 heterocycles. The fourth-order valence-electron chi connectivity index (χ4n) is 4.41. The lowest BCUT2D eigenvalue weighted by Gasteiger charge is -2.28. The fraction of sp³-hybridized carbons (Fsp3) is 0.417. The zero-order valence-corrected chi connectivity index (χ0v) is 17.5. The molecule has 2 aromatic rings. The second kappa shape index (κ2) is 9.73. The first-order valence-electron chi connectivity index (χ1n) is 11.0. The van der Waals surface area contributed by atoms with Crippen LogP contribution in [0.25, 0.3) is 0 Å². The summed E-state index contributed by atoms with van der Waals surface area (Å²) in [6.45, 7) is 0. The molecular weight excluding hydrogens is 392 g/mol. The van der Waals surface area contributed by atoms with Crippen LogP contribution < -0.4 is 10.6 Å². The molecule has 2 fully saturated rings. The summed E-state index contributed by atoms with van der Waals surface area (Å²) in [5, 5.41) is 5.56. The summed E-state index contributed by atoms with van der Waals surface area (Å²) >= 11 is 0. The van der Waals surface area contributed by atoms with Crippen molar-refractivity contribution in [1.82, 2.24) is 15.2 Å². The van der Waals surface area contributed by atoms with E-state index in [-0.39, 0.29) is 30.3 Å². The Morgan fingerprint density at radius 1 is 1.03 bits per heavy atom. The molecule has 31 heavy (non-hydrogen) atoms. The number of nitrogens with zero attached hydrogens (tertiary/aromatic N) is 2. The van der Waals surface area contributed by atoms with Crippen LogP contribution in [0.2, 0.25) is 0 Å². The highest BCUT2D eigenvalue weighted by Crippen LogP contribution is 2.26. The number of aryl methyl sites for hydroxylation is 2. The summed E-state index contributed by atoms with van der Waals surface area (Å²) in [4.78, 5) is 43.0. The van der Waals surface area contributed by atoms with E-state index in [0.29, 0.717) is 5.69 Å². The predicted octanol–water partition coefficient (Wildman–Crippen LogP) is 3.45. The first kappa shape index (κ1) is 21.0. The van der Waals surface area contributed by atoms with Gasteiger partial charge in [0.15, 0.2) is 0 Å². The average Bonchev–Trinajstić information content (AvgIpc) is 3.06. The van der Waals surface area contributed by atoms with Crippen molar-refractivity contribution in [3.8, 4) is 0 Å². The van der Waals surface area contributed by atoms with Crippen LogP contribution >= 0.6 is 0 Å². The van der Waals surface area contributed by atoms with Crippen molar-refractivity contribution >= 4 is 23.5 Å². The lowest BCUT2D eigenvalue weighted by atomic mass is 9.94. The van der Waals surface area contributed by atoms with Crippen LogP contribution in [0.4, 0.5) is 10.5 Å². The summed E-state index contributed by atoms with van der Waals surface area (Å²) in [7, 11) is 0. The van der Waals surface area contributed by atoms with E-state index in [0.717, 1.165) is 50.5 Å². The Morgan fingerprint density at radius 3 is 2.55 bits per heavy atom. The number of pyridine rings is 1. The second-order valence-corrected chi connectivity index (χ2v) is 8.31. The molecule has 0 spiro atoms. The van der Waals surface area contributed by atoms with E-state index >= 15 is 0 Å². The molecule has 1 unspecified atom stereocenters. The minimum Gasteiger partial charge on any atom is -0.326 e. The summed E-state index contributed by atoms with van der Waals surface area (Å²) in [5.41, 5.74) is 3.02. The zero-order chi connectivity index (χ0) is 21.6. The molecule has 1 aromatic heterocycles. The van der Waals surface area contributed by atoms with Crippen LogP contribution in [0.1, 0.15) is 49.7 Å². The van der Waals surface area contributed by atoms with Gasteiger partial charge in [-0.25, -0.2) is 4.79 Å². The third-order valence-corrected chi connectivity index (χ3v) is 6.04.